The number of anilines is 1. The molecule has 0 aliphatic carbocycles. The summed E-state index contributed by atoms with van der Waals surface area (Å²) >= 11 is 0. The third-order valence-corrected chi connectivity index (χ3v) is 5.15. The van der Waals surface area contributed by atoms with Crippen molar-refractivity contribution in [1.82, 2.24) is 4.90 Å². The molecule has 2 aromatic rings. The minimum absolute atomic E-state index is 0.112. The second-order valence-corrected chi connectivity index (χ2v) is 8.19. The van der Waals surface area contributed by atoms with Crippen LogP contribution in [-0.4, -0.2) is 46.1 Å². The lowest BCUT2D eigenvalue weighted by molar-refractivity contribution is 0.0752. The lowest BCUT2D eigenvalue weighted by Gasteiger charge is -2.22. The molecular weight excluding hydrogens is 336 g/mol. The highest BCUT2D eigenvalue weighted by Gasteiger charge is 2.16. The molecule has 6 heteroatoms. The van der Waals surface area contributed by atoms with Gasteiger partial charge in [-0.3, -0.25) is 4.79 Å². The van der Waals surface area contributed by atoms with Crippen molar-refractivity contribution in [2.45, 2.75) is 18.4 Å². The van der Waals surface area contributed by atoms with Crippen LogP contribution in [0.5, 0.6) is 0 Å². The highest BCUT2D eigenvalue weighted by atomic mass is 32.2. The number of benzene rings is 2. The average molecular weight is 360 g/mol. The summed E-state index contributed by atoms with van der Waals surface area (Å²) < 4.78 is 23.0. The Morgan fingerprint density at radius 1 is 0.960 bits per heavy atom. The van der Waals surface area contributed by atoms with E-state index in [1.165, 1.54) is 12.1 Å². The van der Waals surface area contributed by atoms with Gasteiger partial charge < -0.3 is 9.80 Å². The van der Waals surface area contributed by atoms with E-state index in [1.807, 2.05) is 50.2 Å². The molecule has 0 heterocycles. The first-order chi connectivity index (χ1) is 11.7. The molecule has 0 fully saturated rings. The first-order valence-electron chi connectivity index (χ1n) is 8.08. The predicted octanol–water partition coefficient (Wildman–Crippen LogP) is 2.82. The Kier molecular flexibility index (Phi) is 5.85. The summed E-state index contributed by atoms with van der Waals surface area (Å²) in [7, 11) is 0.707. The molecule has 2 aromatic carbocycles. The number of amides is 1. The number of hydrogen-bond acceptors (Lipinski definition) is 4. The Hall–Kier alpha value is -2.34. The van der Waals surface area contributed by atoms with Gasteiger partial charge in [0, 0.05) is 44.7 Å². The number of carbonyl (C=O) groups is 1. The molecule has 0 aliphatic rings. The van der Waals surface area contributed by atoms with Crippen LogP contribution < -0.4 is 4.90 Å². The van der Waals surface area contributed by atoms with Crippen LogP contribution >= 0.6 is 0 Å². The zero-order valence-corrected chi connectivity index (χ0v) is 15.9. The third-order valence-electron chi connectivity index (χ3n) is 4.02. The summed E-state index contributed by atoms with van der Waals surface area (Å²) in [5.41, 5.74) is 2.64. The fourth-order valence-corrected chi connectivity index (χ4v) is 3.10. The number of nitrogens with zero attached hydrogens (tertiary/aromatic N) is 2. The molecule has 0 saturated carbocycles. The quantitative estimate of drug-likeness (QED) is 0.795. The van der Waals surface area contributed by atoms with Crippen molar-refractivity contribution in [2.24, 2.45) is 0 Å². The minimum atomic E-state index is -3.26. The predicted molar refractivity (Wildman–Crippen MR) is 101 cm³/mol. The van der Waals surface area contributed by atoms with Crippen molar-refractivity contribution in [1.29, 1.82) is 0 Å². The summed E-state index contributed by atoms with van der Waals surface area (Å²) in [6.45, 7) is 3.01. The molecule has 2 rings (SSSR count). The fraction of sp³-hybridized carbons (Fsp3) is 0.316. The third kappa shape index (κ3) is 4.82. The van der Waals surface area contributed by atoms with E-state index in [0.717, 1.165) is 17.5 Å². The standard InChI is InChI=1S/C19H24N2O3S/c1-5-21(14-15-6-10-17(11-7-15)20(2)3)19(22)16-8-12-18(13-9-16)25(4,23)24/h6-13H,5,14H2,1-4H3. The number of carbonyl (C=O) groups excluding carboxylic acids is 1. The Morgan fingerprint density at radius 3 is 1.96 bits per heavy atom. The van der Waals surface area contributed by atoms with Crippen LogP contribution in [0.15, 0.2) is 53.4 Å². The van der Waals surface area contributed by atoms with Gasteiger partial charge in [-0.25, -0.2) is 8.42 Å². The Bertz CT molecular complexity index is 826. The summed E-state index contributed by atoms with van der Waals surface area (Å²) in [4.78, 5) is 16.7. The molecule has 0 radical (unpaired) electrons. The van der Waals surface area contributed by atoms with Crippen LogP contribution in [0.4, 0.5) is 5.69 Å². The van der Waals surface area contributed by atoms with Crippen LogP contribution in [0.25, 0.3) is 0 Å². The molecule has 5 nitrogen and oxygen atoms in total. The van der Waals surface area contributed by atoms with E-state index in [4.69, 9.17) is 0 Å². The molecule has 0 aliphatic heterocycles. The van der Waals surface area contributed by atoms with Crippen molar-refractivity contribution in [3.05, 3.63) is 59.7 Å². The van der Waals surface area contributed by atoms with Gasteiger partial charge in [-0.05, 0) is 48.9 Å². The van der Waals surface area contributed by atoms with Crippen LogP contribution in [0.2, 0.25) is 0 Å². The maximum Gasteiger partial charge on any atom is 0.254 e. The van der Waals surface area contributed by atoms with E-state index in [2.05, 4.69) is 0 Å². The van der Waals surface area contributed by atoms with E-state index in [9.17, 15) is 13.2 Å². The summed E-state index contributed by atoms with van der Waals surface area (Å²) in [6, 6.07) is 14.1. The number of rotatable bonds is 6. The molecule has 134 valence electrons. The van der Waals surface area contributed by atoms with Crippen LogP contribution in [0, 0.1) is 0 Å². The minimum Gasteiger partial charge on any atom is -0.378 e. The maximum atomic E-state index is 12.7. The van der Waals surface area contributed by atoms with Crippen LogP contribution in [-0.2, 0) is 16.4 Å². The van der Waals surface area contributed by atoms with Crippen molar-refractivity contribution in [3.8, 4) is 0 Å². The van der Waals surface area contributed by atoms with Gasteiger partial charge in [0.1, 0.15) is 0 Å². The van der Waals surface area contributed by atoms with Gasteiger partial charge in [0.25, 0.3) is 5.91 Å². The summed E-state index contributed by atoms with van der Waals surface area (Å²) in [6.07, 6.45) is 1.15. The maximum absolute atomic E-state index is 12.7. The lowest BCUT2D eigenvalue weighted by atomic mass is 10.1. The second-order valence-electron chi connectivity index (χ2n) is 6.18. The molecular formula is C19H24N2O3S. The molecule has 25 heavy (non-hydrogen) atoms. The van der Waals surface area contributed by atoms with Gasteiger partial charge in [0.2, 0.25) is 0 Å². The second kappa shape index (κ2) is 7.70. The molecule has 0 N–H and O–H groups in total. The number of hydrogen-bond donors (Lipinski definition) is 0. The van der Waals surface area contributed by atoms with Crippen LogP contribution in [0.1, 0.15) is 22.8 Å². The molecule has 1 amide bonds. The van der Waals surface area contributed by atoms with E-state index in [0.29, 0.717) is 18.7 Å². The molecule has 0 bridgehead atoms. The van der Waals surface area contributed by atoms with Crippen molar-refractivity contribution in [3.63, 3.8) is 0 Å². The van der Waals surface area contributed by atoms with E-state index < -0.39 is 9.84 Å². The molecule has 0 saturated heterocycles. The highest BCUT2D eigenvalue weighted by molar-refractivity contribution is 7.90. The van der Waals surface area contributed by atoms with Gasteiger partial charge in [-0.1, -0.05) is 12.1 Å². The Balaban J connectivity index is 2.15. The summed E-state index contributed by atoms with van der Waals surface area (Å²) in [5, 5.41) is 0. The van der Waals surface area contributed by atoms with E-state index in [1.54, 1.807) is 17.0 Å². The molecule has 0 atom stereocenters. The smallest absolute Gasteiger partial charge is 0.254 e. The highest BCUT2D eigenvalue weighted by Crippen LogP contribution is 2.16. The SMILES string of the molecule is CCN(Cc1ccc(N(C)C)cc1)C(=O)c1ccc(S(C)(=O)=O)cc1. The van der Waals surface area contributed by atoms with E-state index >= 15 is 0 Å². The number of sulfone groups is 1. The van der Waals surface area contributed by atoms with E-state index in [-0.39, 0.29) is 10.8 Å². The normalized spacial score (nSPS) is 11.2. The monoisotopic (exact) mass is 360 g/mol. The summed E-state index contributed by atoms with van der Waals surface area (Å²) in [5.74, 6) is -0.112. The van der Waals surface area contributed by atoms with Crippen molar-refractivity contribution >= 4 is 21.4 Å². The first kappa shape index (κ1) is 19.0. The Labute approximate surface area is 149 Å². The molecule has 0 spiro atoms. The molecule has 0 unspecified atom stereocenters. The lowest BCUT2D eigenvalue weighted by Crippen LogP contribution is -2.30. The average Bonchev–Trinajstić information content (AvgIpc) is 2.59. The van der Waals surface area contributed by atoms with Crippen molar-refractivity contribution < 1.29 is 13.2 Å². The van der Waals surface area contributed by atoms with Crippen LogP contribution in [0.3, 0.4) is 0 Å². The zero-order chi connectivity index (χ0) is 18.6. The van der Waals surface area contributed by atoms with Crippen molar-refractivity contribution in [2.75, 3.05) is 31.8 Å². The van der Waals surface area contributed by atoms with Gasteiger partial charge in [-0.2, -0.15) is 0 Å². The Morgan fingerprint density at radius 2 is 1.52 bits per heavy atom. The van der Waals surface area contributed by atoms with Gasteiger partial charge in [0.15, 0.2) is 9.84 Å². The topological polar surface area (TPSA) is 57.7 Å². The zero-order valence-electron chi connectivity index (χ0n) is 15.1. The first-order valence-corrected chi connectivity index (χ1v) is 9.97. The van der Waals surface area contributed by atoms with Gasteiger partial charge >= 0.3 is 0 Å². The molecule has 0 aromatic heterocycles. The van der Waals surface area contributed by atoms with Gasteiger partial charge in [0.05, 0.1) is 4.90 Å². The fourth-order valence-electron chi connectivity index (χ4n) is 2.47. The van der Waals surface area contributed by atoms with Gasteiger partial charge in [-0.15, -0.1) is 0 Å². The largest absolute Gasteiger partial charge is 0.378 e.